The second kappa shape index (κ2) is 6.38. The summed E-state index contributed by atoms with van der Waals surface area (Å²) >= 11 is 0. The second-order valence-electron chi connectivity index (χ2n) is 6.84. The first-order chi connectivity index (χ1) is 10.3. The maximum atomic E-state index is 12.2. The van der Waals surface area contributed by atoms with Crippen molar-refractivity contribution in [2.75, 3.05) is 13.1 Å². The molecule has 5 nitrogen and oxygen atoms in total. The molecule has 0 bridgehead atoms. The van der Waals surface area contributed by atoms with Crippen molar-refractivity contribution in [1.82, 2.24) is 10.2 Å². The zero-order chi connectivity index (χ0) is 16.3. The molecular formula is C17H25N3O2. The molecule has 0 unspecified atom stereocenters. The van der Waals surface area contributed by atoms with Gasteiger partial charge in [-0.15, -0.1) is 0 Å². The Morgan fingerprint density at radius 1 is 1.27 bits per heavy atom. The van der Waals surface area contributed by atoms with Crippen LogP contribution in [-0.2, 0) is 23.2 Å². The smallest absolute Gasteiger partial charge is 0.312 e. The van der Waals surface area contributed by atoms with Gasteiger partial charge in [0.15, 0.2) is 0 Å². The van der Waals surface area contributed by atoms with E-state index in [0.29, 0.717) is 13.1 Å². The van der Waals surface area contributed by atoms with Gasteiger partial charge in [-0.1, -0.05) is 39.0 Å². The zero-order valence-electron chi connectivity index (χ0n) is 13.6. The average Bonchev–Trinajstić information content (AvgIpc) is 2.44. The number of benzene rings is 1. The number of nitrogens with one attached hydrogen (secondary N) is 1. The van der Waals surface area contributed by atoms with Crippen LogP contribution in [0.2, 0.25) is 0 Å². The van der Waals surface area contributed by atoms with Crippen molar-refractivity contribution in [3.8, 4) is 0 Å². The lowest BCUT2D eigenvalue weighted by molar-refractivity contribution is -0.131. The van der Waals surface area contributed by atoms with Crippen molar-refractivity contribution >= 4 is 11.9 Å². The molecule has 0 aliphatic carbocycles. The molecule has 1 aromatic carbocycles. The monoisotopic (exact) mass is 303 g/mol. The fourth-order valence-electron chi connectivity index (χ4n) is 2.69. The first kappa shape index (κ1) is 16.3. The highest BCUT2D eigenvalue weighted by Crippen LogP contribution is 2.27. The van der Waals surface area contributed by atoms with Crippen LogP contribution in [0.15, 0.2) is 18.2 Å². The Morgan fingerprint density at radius 3 is 2.64 bits per heavy atom. The molecular weight excluding hydrogens is 278 g/mol. The molecule has 0 saturated carbocycles. The molecule has 5 heteroatoms. The molecule has 0 spiro atoms. The third-order valence-electron chi connectivity index (χ3n) is 4.08. The summed E-state index contributed by atoms with van der Waals surface area (Å²) in [5, 5.41) is 2.46. The summed E-state index contributed by atoms with van der Waals surface area (Å²) in [6.07, 6.45) is 1.17. The average molecular weight is 303 g/mol. The minimum absolute atomic E-state index is 0.0561. The van der Waals surface area contributed by atoms with Gasteiger partial charge in [0.1, 0.15) is 0 Å². The molecule has 1 heterocycles. The normalized spacial score (nSPS) is 14.4. The first-order valence-corrected chi connectivity index (χ1v) is 7.71. The van der Waals surface area contributed by atoms with Crippen molar-refractivity contribution in [3.63, 3.8) is 0 Å². The molecule has 22 heavy (non-hydrogen) atoms. The van der Waals surface area contributed by atoms with Crippen molar-refractivity contribution in [1.29, 1.82) is 0 Å². The second-order valence-corrected chi connectivity index (χ2v) is 6.84. The van der Waals surface area contributed by atoms with Crippen LogP contribution in [0.4, 0.5) is 4.79 Å². The standard InChI is InChI=1S/C17H25N3O2/c1-17(2,3)14-5-4-12-7-9-20(11-13(12)10-14)15(21)6-8-19-16(18)22/h4-5,10H,6-9,11H2,1-3H3,(H3,18,19,22). The van der Waals surface area contributed by atoms with E-state index in [1.807, 2.05) is 4.90 Å². The molecule has 0 atom stereocenters. The fraction of sp³-hybridized carbons (Fsp3) is 0.529. The minimum atomic E-state index is -0.591. The van der Waals surface area contributed by atoms with Gasteiger partial charge in [-0.25, -0.2) is 4.79 Å². The summed E-state index contributed by atoms with van der Waals surface area (Å²) < 4.78 is 0. The van der Waals surface area contributed by atoms with Crippen LogP contribution >= 0.6 is 0 Å². The van der Waals surface area contributed by atoms with Gasteiger partial charge >= 0.3 is 6.03 Å². The number of nitrogens with zero attached hydrogens (tertiary/aromatic N) is 1. The van der Waals surface area contributed by atoms with E-state index in [1.54, 1.807) is 0 Å². The minimum Gasteiger partial charge on any atom is -0.352 e. The summed E-state index contributed by atoms with van der Waals surface area (Å²) in [4.78, 5) is 24.7. The van der Waals surface area contributed by atoms with Gasteiger partial charge < -0.3 is 16.0 Å². The number of primary amides is 1. The number of carbonyl (C=O) groups is 2. The van der Waals surface area contributed by atoms with Crippen molar-refractivity contribution in [3.05, 3.63) is 34.9 Å². The lowest BCUT2D eigenvalue weighted by atomic mass is 9.84. The van der Waals surface area contributed by atoms with Crippen molar-refractivity contribution < 1.29 is 9.59 Å². The molecule has 1 aliphatic heterocycles. The van der Waals surface area contributed by atoms with Crippen LogP contribution in [0.25, 0.3) is 0 Å². The fourth-order valence-corrected chi connectivity index (χ4v) is 2.69. The van der Waals surface area contributed by atoms with Crippen molar-refractivity contribution in [2.24, 2.45) is 5.73 Å². The number of urea groups is 1. The molecule has 1 aliphatic rings. The SMILES string of the molecule is CC(C)(C)c1ccc2c(c1)CN(C(=O)CCNC(N)=O)CC2. The van der Waals surface area contributed by atoms with E-state index in [9.17, 15) is 9.59 Å². The Bertz CT molecular complexity index is 576. The number of carbonyl (C=O) groups excluding carboxylic acids is 2. The zero-order valence-corrected chi connectivity index (χ0v) is 13.6. The van der Waals surface area contributed by atoms with Gasteiger partial charge in [-0.05, 0) is 28.5 Å². The predicted octanol–water partition coefficient (Wildman–Crippen LogP) is 1.93. The van der Waals surface area contributed by atoms with Crippen LogP contribution in [0.3, 0.4) is 0 Å². The molecule has 0 radical (unpaired) electrons. The lowest BCUT2D eigenvalue weighted by Gasteiger charge is -2.30. The highest BCUT2D eigenvalue weighted by atomic mass is 16.2. The Balaban J connectivity index is 2.03. The third-order valence-corrected chi connectivity index (χ3v) is 4.08. The maximum Gasteiger partial charge on any atom is 0.312 e. The summed E-state index contributed by atoms with van der Waals surface area (Å²) in [7, 11) is 0. The highest BCUT2D eigenvalue weighted by Gasteiger charge is 2.22. The van der Waals surface area contributed by atoms with Gasteiger partial charge in [0.2, 0.25) is 5.91 Å². The van der Waals surface area contributed by atoms with Crippen LogP contribution in [0.5, 0.6) is 0 Å². The number of hydrogen-bond donors (Lipinski definition) is 2. The summed E-state index contributed by atoms with van der Waals surface area (Å²) in [6, 6.07) is 6.00. The van der Waals surface area contributed by atoms with Gasteiger partial charge in [-0.3, -0.25) is 4.79 Å². The first-order valence-electron chi connectivity index (χ1n) is 7.71. The Hall–Kier alpha value is -2.04. The third kappa shape index (κ3) is 4.00. The topological polar surface area (TPSA) is 75.4 Å². The Kier molecular flexibility index (Phi) is 4.74. The largest absolute Gasteiger partial charge is 0.352 e. The summed E-state index contributed by atoms with van der Waals surface area (Å²) in [6.45, 7) is 8.24. The van der Waals surface area contributed by atoms with E-state index in [1.165, 1.54) is 16.7 Å². The van der Waals surface area contributed by atoms with Crippen LogP contribution < -0.4 is 11.1 Å². The molecule has 2 rings (SSSR count). The Labute approximate surface area is 131 Å². The highest BCUT2D eigenvalue weighted by molar-refractivity contribution is 5.78. The summed E-state index contributed by atoms with van der Waals surface area (Å²) in [5.74, 6) is 0.0561. The molecule has 1 aromatic rings. The van der Waals surface area contributed by atoms with Gasteiger partial charge in [0.05, 0.1) is 0 Å². The maximum absolute atomic E-state index is 12.2. The van der Waals surface area contributed by atoms with Gasteiger partial charge in [0.25, 0.3) is 0 Å². The molecule has 3 amide bonds. The number of rotatable bonds is 3. The van der Waals surface area contributed by atoms with E-state index in [-0.39, 0.29) is 17.7 Å². The van der Waals surface area contributed by atoms with Gasteiger partial charge in [0, 0.05) is 26.1 Å². The lowest BCUT2D eigenvalue weighted by Crippen LogP contribution is -2.39. The van der Waals surface area contributed by atoms with Crippen LogP contribution in [0.1, 0.15) is 43.9 Å². The molecule has 3 N–H and O–H groups in total. The molecule has 0 fully saturated rings. The number of hydrogen-bond acceptors (Lipinski definition) is 2. The van der Waals surface area contributed by atoms with Crippen LogP contribution in [0, 0.1) is 0 Å². The van der Waals surface area contributed by atoms with E-state index in [4.69, 9.17) is 5.73 Å². The van der Waals surface area contributed by atoms with E-state index in [0.717, 1.165) is 13.0 Å². The van der Waals surface area contributed by atoms with Crippen molar-refractivity contribution in [2.45, 2.75) is 45.6 Å². The molecule has 0 saturated heterocycles. The molecule has 120 valence electrons. The summed E-state index contributed by atoms with van der Waals surface area (Å²) in [5.41, 5.74) is 8.95. The number of amides is 3. The van der Waals surface area contributed by atoms with E-state index >= 15 is 0 Å². The molecule has 0 aromatic heterocycles. The van der Waals surface area contributed by atoms with E-state index < -0.39 is 6.03 Å². The van der Waals surface area contributed by atoms with Crippen LogP contribution in [-0.4, -0.2) is 29.9 Å². The predicted molar refractivity (Wildman–Crippen MR) is 86.5 cm³/mol. The number of nitrogens with two attached hydrogens (primary N) is 1. The van der Waals surface area contributed by atoms with E-state index in [2.05, 4.69) is 44.3 Å². The quantitative estimate of drug-likeness (QED) is 0.895. The van der Waals surface area contributed by atoms with Gasteiger partial charge in [-0.2, -0.15) is 0 Å². The Morgan fingerprint density at radius 2 is 2.00 bits per heavy atom. The number of fused-ring (bicyclic) bond motifs is 1.